The minimum atomic E-state index is -0.338. The predicted octanol–water partition coefficient (Wildman–Crippen LogP) is 3.17. The summed E-state index contributed by atoms with van der Waals surface area (Å²) in [5.41, 5.74) is 8.58. The molecule has 0 aliphatic carbocycles. The molecule has 28 heavy (non-hydrogen) atoms. The molecule has 2 N–H and O–H groups in total. The number of nitrogen functional groups attached to an aromatic ring is 1. The third-order valence-corrected chi connectivity index (χ3v) is 4.92. The first kappa shape index (κ1) is 18.0. The van der Waals surface area contributed by atoms with Gasteiger partial charge < -0.3 is 10.6 Å². The van der Waals surface area contributed by atoms with Gasteiger partial charge in [0.2, 0.25) is 11.9 Å². The number of benzene rings is 1. The normalized spacial score (nSPS) is 16.3. The molecule has 1 atom stereocenters. The summed E-state index contributed by atoms with van der Waals surface area (Å²) < 4.78 is 13.8. The Balaban J connectivity index is 1.67. The molecule has 0 saturated carbocycles. The number of likely N-dealkylation sites (tertiary alicyclic amines) is 1. The smallest absolute Gasteiger partial charge is 0.229 e. The molecule has 4 rings (SSSR count). The Hall–Kier alpha value is -3.35. The van der Waals surface area contributed by atoms with E-state index in [2.05, 4.69) is 15.0 Å². The molecular formula is C21H20FN5O. The maximum atomic E-state index is 13.8. The highest BCUT2D eigenvalue weighted by atomic mass is 19.1. The first-order valence-corrected chi connectivity index (χ1v) is 9.19. The van der Waals surface area contributed by atoms with E-state index in [1.165, 1.54) is 12.1 Å². The van der Waals surface area contributed by atoms with E-state index in [9.17, 15) is 9.18 Å². The molecule has 1 aromatic carbocycles. The topological polar surface area (TPSA) is 85.0 Å². The highest BCUT2D eigenvalue weighted by molar-refractivity contribution is 5.79. The van der Waals surface area contributed by atoms with Gasteiger partial charge in [-0.25, -0.2) is 14.4 Å². The van der Waals surface area contributed by atoms with E-state index in [0.717, 1.165) is 18.5 Å². The third kappa shape index (κ3) is 3.69. The summed E-state index contributed by atoms with van der Waals surface area (Å²) in [6.45, 7) is 0.642. The van der Waals surface area contributed by atoms with Crippen molar-refractivity contribution in [1.82, 2.24) is 19.9 Å². The molecule has 3 aromatic rings. The summed E-state index contributed by atoms with van der Waals surface area (Å²) >= 11 is 0. The molecule has 0 bridgehead atoms. The van der Waals surface area contributed by atoms with E-state index in [1.807, 2.05) is 23.1 Å². The van der Waals surface area contributed by atoms with Gasteiger partial charge in [-0.05, 0) is 42.7 Å². The van der Waals surface area contributed by atoms with Crippen molar-refractivity contribution in [3.05, 3.63) is 72.1 Å². The number of carbonyl (C=O) groups excluding carboxylic acids is 1. The molecule has 0 unspecified atom stereocenters. The minimum absolute atomic E-state index is 0.0106. The van der Waals surface area contributed by atoms with Crippen LogP contribution in [0, 0.1) is 5.82 Å². The van der Waals surface area contributed by atoms with Gasteiger partial charge >= 0.3 is 0 Å². The van der Waals surface area contributed by atoms with Crippen molar-refractivity contribution in [1.29, 1.82) is 0 Å². The van der Waals surface area contributed by atoms with Crippen LogP contribution in [0.1, 0.15) is 30.3 Å². The number of anilines is 1. The average molecular weight is 377 g/mol. The van der Waals surface area contributed by atoms with Crippen molar-refractivity contribution in [2.45, 2.75) is 25.3 Å². The van der Waals surface area contributed by atoms with Crippen molar-refractivity contribution in [2.24, 2.45) is 0 Å². The fourth-order valence-corrected chi connectivity index (χ4v) is 3.65. The van der Waals surface area contributed by atoms with E-state index < -0.39 is 0 Å². The fraction of sp³-hybridized carbons (Fsp3) is 0.238. The van der Waals surface area contributed by atoms with E-state index >= 15 is 0 Å². The van der Waals surface area contributed by atoms with Crippen LogP contribution in [-0.2, 0) is 11.2 Å². The van der Waals surface area contributed by atoms with Crippen molar-refractivity contribution in [3.63, 3.8) is 0 Å². The standard InChI is InChI=1S/C21H20FN5O/c22-15-6-3-5-14(11-15)17-13-25-21(23)26-20(17)18-8-4-10-27(18)19(28)12-16-7-1-2-9-24-16/h1-3,5-7,9,11,13,18H,4,8,10,12H2,(H2,23,25,26)/t18-/m0/s1. The average Bonchev–Trinajstić information content (AvgIpc) is 3.18. The summed E-state index contributed by atoms with van der Waals surface area (Å²) in [6.07, 6.45) is 5.15. The van der Waals surface area contributed by atoms with Gasteiger partial charge in [0.25, 0.3) is 0 Å². The predicted molar refractivity (Wildman–Crippen MR) is 103 cm³/mol. The lowest BCUT2D eigenvalue weighted by atomic mass is 9.99. The van der Waals surface area contributed by atoms with Crippen LogP contribution in [0.2, 0.25) is 0 Å². The Morgan fingerprint density at radius 1 is 1.21 bits per heavy atom. The van der Waals surface area contributed by atoms with Gasteiger partial charge in [-0.1, -0.05) is 18.2 Å². The van der Waals surface area contributed by atoms with Crippen molar-refractivity contribution in [3.8, 4) is 11.1 Å². The van der Waals surface area contributed by atoms with E-state index in [1.54, 1.807) is 24.5 Å². The number of carbonyl (C=O) groups is 1. The zero-order valence-corrected chi connectivity index (χ0v) is 15.3. The molecule has 7 heteroatoms. The molecular weight excluding hydrogens is 357 g/mol. The van der Waals surface area contributed by atoms with Gasteiger partial charge in [0.1, 0.15) is 5.82 Å². The summed E-state index contributed by atoms with van der Waals surface area (Å²) in [4.78, 5) is 27.5. The first-order valence-electron chi connectivity index (χ1n) is 9.19. The van der Waals surface area contributed by atoms with E-state index in [4.69, 9.17) is 5.73 Å². The number of amides is 1. The number of hydrogen-bond acceptors (Lipinski definition) is 5. The van der Waals surface area contributed by atoms with Crippen LogP contribution in [0.25, 0.3) is 11.1 Å². The number of rotatable bonds is 4. The molecule has 1 saturated heterocycles. The van der Waals surface area contributed by atoms with Crippen LogP contribution in [0.3, 0.4) is 0 Å². The van der Waals surface area contributed by atoms with Crippen LogP contribution in [0.5, 0.6) is 0 Å². The molecule has 6 nitrogen and oxygen atoms in total. The van der Waals surface area contributed by atoms with Gasteiger partial charge in [0.15, 0.2) is 0 Å². The monoisotopic (exact) mass is 377 g/mol. The third-order valence-electron chi connectivity index (χ3n) is 4.92. The quantitative estimate of drug-likeness (QED) is 0.755. The molecule has 1 amide bonds. The summed E-state index contributed by atoms with van der Waals surface area (Å²) in [7, 11) is 0. The lowest BCUT2D eigenvalue weighted by Gasteiger charge is -2.26. The Labute approximate surface area is 162 Å². The maximum absolute atomic E-state index is 13.8. The molecule has 1 aliphatic heterocycles. The summed E-state index contributed by atoms with van der Waals surface area (Å²) in [6, 6.07) is 11.6. The second-order valence-electron chi connectivity index (χ2n) is 6.78. The number of halogens is 1. The van der Waals surface area contributed by atoms with Crippen LogP contribution in [-0.4, -0.2) is 32.3 Å². The van der Waals surface area contributed by atoms with Gasteiger partial charge in [-0.2, -0.15) is 0 Å². The van der Waals surface area contributed by atoms with Crippen molar-refractivity contribution in [2.75, 3.05) is 12.3 Å². The number of aromatic nitrogens is 3. The molecule has 1 aliphatic rings. The van der Waals surface area contributed by atoms with Gasteiger partial charge in [0, 0.05) is 30.2 Å². The van der Waals surface area contributed by atoms with E-state index in [0.29, 0.717) is 23.4 Å². The van der Waals surface area contributed by atoms with Gasteiger partial charge in [-0.15, -0.1) is 0 Å². The van der Waals surface area contributed by atoms with Crippen molar-refractivity contribution >= 4 is 11.9 Å². The number of hydrogen-bond donors (Lipinski definition) is 1. The van der Waals surface area contributed by atoms with Crippen LogP contribution in [0.15, 0.2) is 54.9 Å². The second kappa shape index (κ2) is 7.72. The largest absolute Gasteiger partial charge is 0.368 e. The highest BCUT2D eigenvalue weighted by Gasteiger charge is 2.33. The SMILES string of the molecule is Nc1ncc(-c2cccc(F)c2)c([C@@H]2CCCN2C(=O)Cc2ccccn2)n1. The number of pyridine rings is 1. The van der Waals surface area contributed by atoms with Crippen LogP contribution in [0.4, 0.5) is 10.3 Å². The molecule has 0 spiro atoms. The summed E-state index contributed by atoms with van der Waals surface area (Å²) in [5.74, 6) is -0.211. The Kier molecular flexibility index (Phi) is 4.97. The lowest BCUT2D eigenvalue weighted by molar-refractivity contribution is -0.131. The Bertz CT molecular complexity index is 995. The second-order valence-corrected chi connectivity index (χ2v) is 6.78. The van der Waals surface area contributed by atoms with Crippen LogP contribution >= 0.6 is 0 Å². The zero-order valence-electron chi connectivity index (χ0n) is 15.3. The van der Waals surface area contributed by atoms with Gasteiger partial charge in [-0.3, -0.25) is 9.78 Å². The molecule has 0 radical (unpaired) electrons. The molecule has 2 aromatic heterocycles. The highest BCUT2D eigenvalue weighted by Crippen LogP contribution is 2.37. The van der Waals surface area contributed by atoms with Crippen molar-refractivity contribution < 1.29 is 9.18 Å². The number of nitrogens with zero attached hydrogens (tertiary/aromatic N) is 4. The molecule has 1 fully saturated rings. The first-order chi connectivity index (χ1) is 13.6. The van der Waals surface area contributed by atoms with Crippen LogP contribution < -0.4 is 5.73 Å². The van der Waals surface area contributed by atoms with E-state index in [-0.39, 0.29) is 30.1 Å². The number of nitrogens with two attached hydrogens (primary N) is 1. The molecule has 3 heterocycles. The lowest BCUT2D eigenvalue weighted by Crippen LogP contribution is -2.32. The minimum Gasteiger partial charge on any atom is -0.368 e. The molecule has 142 valence electrons. The summed E-state index contributed by atoms with van der Waals surface area (Å²) in [5, 5.41) is 0. The maximum Gasteiger partial charge on any atom is 0.229 e. The fourth-order valence-electron chi connectivity index (χ4n) is 3.65. The van der Waals surface area contributed by atoms with Gasteiger partial charge in [0.05, 0.1) is 18.2 Å². The Morgan fingerprint density at radius 3 is 2.89 bits per heavy atom. The Morgan fingerprint density at radius 2 is 2.11 bits per heavy atom. The zero-order chi connectivity index (χ0) is 19.5.